The van der Waals surface area contributed by atoms with Gasteiger partial charge in [-0.3, -0.25) is 0 Å². The summed E-state index contributed by atoms with van der Waals surface area (Å²) in [5.74, 6) is -3.36. The fraction of sp³-hybridized carbons (Fsp3) is 0.412. The number of rotatable bonds is 4. The summed E-state index contributed by atoms with van der Waals surface area (Å²) in [6, 6.07) is 4.37. The second-order valence-electron chi connectivity index (χ2n) is 5.95. The van der Waals surface area contributed by atoms with Crippen molar-refractivity contribution in [2.45, 2.75) is 46.2 Å². The van der Waals surface area contributed by atoms with Crippen LogP contribution in [0.25, 0.3) is 6.08 Å². The molecule has 1 fully saturated rings. The lowest BCUT2D eigenvalue weighted by atomic mass is 10.1. The van der Waals surface area contributed by atoms with E-state index in [0.717, 1.165) is 0 Å². The monoisotopic (exact) mass is 322 g/mol. The summed E-state index contributed by atoms with van der Waals surface area (Å²) in [4.78, 5) is 23.7. The van der Waals surface area contributed by atoms with Gasteiger partial charge in [0, 0.05) is 19.4 Å². The molecular weight excluding hydrogens is 303 g/mol. The molecule has 2 rings (SSSR count). The highest BCUT2D eigenvalue weighted by Crippen LogP contribution is 2.24. The first-order chi connectivity index (χ1) is 10.7. The molecule has 0 bridgehead atoms. The number of carbonyl (C=O) groups is 2. The lowest BCUT2D eigenvalue weighted by Gasteiger charge is -2.29. The Labute approximate surface area is 134 Å². The number of halogens is 1. The molecule has 1 aliphatic heterocycles. The van der Waals surface area contributed by atoms with Crippen LogP contribution in [-0.2, 0) is 30.4 Å². The van der Waals surface area contributed by atoms with Gasteiger partial charge in [-0.2, -0.15) is 0 Å². The average Bonchev–Trinajstić information content (AvgIpc) is 2.40. The van der Waals surface area contributed by atoms with Gasteiger partial charge in [0.1, 0.15) is 11.4 Å². The van der Waals surface area contributed by atoms with Crippen LogP contribution in [0.15, 0.2) is 23.8 Å². The predicted octanol–water partition coefficient (Wildman–Crippen LogP) is 2.97. The molecule has 6 heteroatoms. The molecule has 0 amide bonds. The summed E-state index contributed by atoms with van der Waals surface area (Å²) in [5, 5.41) is 0. The van der Waals surface area contributed by atoms with Gasteiger partial charge in [-0.1, -0.05) is 12.1 Å². The summed E-state index contributed by atoms with van der Waals surface area (Å²) < 4.78 is 29.3. The molecule has 23 heavy (non-hydrogen) atoms. The van der Waals surface area contributed by atoms with Crippen LogP contribution in [0, 0.1) is 5.82 Å². The largest absolute Gasteiger partial charge is 0.419 e. The van der Waals surface area contributed by atoms with Crippen molar-refractivity contribution in [2.24, 2.45) is 0 Å². The maximum absolute atomic E-state index is 14.0. The fourth-order valence-electron chi connectivity index (χ4n) is 1.97. The first kappa shape index (κ1) is 17.1. The SMILES string of the molecule is CC(C)OCc1ccc(C=C2C(=O)OC(C)(C)OC2=O)cc1F. The number of benzene rings is 1. The number of carbonyl (C=O) groups excluding carboxylic acids is 2. The molecule has 1 heterocycles. The van der Waals surface area contributed by atoms with Crippen LogP contribution in [0.4, 0.5) is 4.39 Å². The van der Waals surface area contributed by atoms with Crippen LogP contribution in [-0.4, -0.2) is 23.8 Å². The van der Waals surface area contributed by atoms with E-state index in [1.807, 2.05) is 13.8 Å². The third-order valence-corrected chi connectivity index (χ3v) is 3.08. The van der Waals surface area contributed by atoms with Gasteiger partial charge in [-0.15, -0.1) is 0 Å². The number of hydrogen-bond donors (Lipinski definition) is 0. The molecule has 0 atom stereocenters. The van der Waals surface area contributed by atoms with E-state index in [-0.39, 0.29) is 18.3 Å². The van der Waals surface area contributed by atoms with Crippen LogP contribution in [0.5, 0.6) is 0 Å². The highest BCUT2D eigenvalue weighted by Gasteiger charge is 2.38. The van der Waals surface area contributed by atoms with E-state index >= 15 is 0 Å². The lowest BCUT2D eigenvalue weighted by Crippen LogP contribution is -2.41. The Balaban J connectivity index is 2.21. The summed E-state index contributed by atoms with van der Waals surface area (Å²) in [5.41, 5.74) is 0.491. The van der Waals surface area contributed by atoms with Gasteiger partial charge in [0.25, 0.3) is 5.79 Å². The Hall–Kier alpha value is -2.21. The number of hydrogen-bond acceptors (Lipinski definition) is 5. The third kappa shape index (κ3) is 4.39. The molecule has 0 aromatic heterocycles. The molecule has 0 aliphatic carbocycles. The summed E-state index contributed by atoms with van der Waals surface area (Å²) in [6.45, 7) is 6.79. The Kier molecular flexibility index (Phi) is 4.85. The molecule has 0 N–H and O–H groups in total. The number of ether oxygens (including phenoxy) is 3. The molecule has 0 saturated carbocycles. The van der Waals surface area contributed by atoms with Gasteiger partial charge in [0.05, 0.1) is 12.7 Å². The molecule has 1 aliphatic rings. The lowest BCUT2D eigenvalue weighted by molar-refractivity contribution is -0.222. The van der Waals surface area contributed by atoms with Crippen molar-refractivity contribution >= 4 is 18.0 Å². The summed E-state index contributed by atoms with van der Waals surface area (Å²) >= 11 is 0. The second kappa shape index (κ2) is 6.50. The Morgan fingerprint density at radius 1 is 1.22 bits per heavy atom. The van der Waals surface area contributed by atoms with Crippen molar-refractivity contribution in [3.05, 3.63) is 40.7 Å². The maximum Gasteiger partial charge on any atom is 0.348 e. The zero-order valence-electron chi connectivity index (χ0n) is 13.5. The molecule has 0 unspecified atom stereocenters. The molecule has 0 radical (unpaired) electrons. The van der Waals surface area contributed by atoms with E-state index in [2.05, 4.69) is 0 Å². The normalized spacial score (nSPS) is 17.0. The van der Waals surface area contributed by atoms with Crippen molar-refractivity contribution in [1.82, 2.24) is 0 Å². The second-order valence-corrected chi connectivity index (χ2v) is 5.95. The molecule has 1 saturated heterocycles. The molecule has 1 aromatic carbocycles. The smallest absolute Gasteiger partial charge is 0.348 e. The fourth-order valence-corrected chi connectivity index (χ4v) is 1.97. The quantitative estimate of drug-likeness (QED) is 0.484. The highest BCUT2D eigenvalue weighted by molar-refractivity contribution is 6.18. The van der Waals surface area contributed by atoms with E-state index in [4.69, 9.17) is 14.2 Å². The molecular formula is C17H19FO5. The van der Waals surface area contributed by atoms with E-state index in [0.29, 0.717) is 11.1 Å². The topological polar surface area (TPSA) is 61.8 Å². The van der Waals surface area contributed by atoms with E-state index in [1.54, 1.807) is 12.1 Å². The van der Waals surface area contributed by atoms with E-state index < -0.39 is 23.5 Å². The van der Waals surface area contributed by atoms with Crippen LogP contribution in [0.1, 0.15) is 38.8 Å². The van der Waals surface area contributed by atoms with Crippen LogP contribution < -0.4 is 0 Å². The molecule has 0 spiro atoms. The van der Waals surface area contributed by atoms with E-state index in [9.17, 15) is 14.0 Å². The first-order valence-corrected chi connectivity index (χ1v) is 7.26. The van der Waals surface area contributed by atoms with Crippen LogP contribution >= 0.6 is 0 Å². The van der Waals surface area contributed by atoms with Crippen molar-refractivity contribution in [3.63, 3.8) is 0 Å². The molecule has 5 nitrogen and oxygen atoms in total. The summed E-state index contributed by atoms with van der Waals surface area (Å²) in [7, 11) is 0. The van der Waals surface area contributed by atoms with Gasteiger partial charge in [-0.05, 0) is 31.6 Å². The third-order valence-electron chi connectivity index (χ3n) is 3.08. The predicted molar refractivity (Wildman–Crippen MR) is 80.6 cm³/mol. The van der Waals surface area contributed by atoms with Crippen molar-refractivity contribution in [2.75, 3.05) is 0 Å². The minimum Gasteiger partial charge on any atom is -0.419 e. The van der Waals surface area contributed by atoms with Gasteiger partial charge >= 0.3 is 11.9 Å². The molecule has 1 aromatic rings. The minimum absolute atomic E-state index is 0.00803. The van der Waals surface area contributed by atoms with E-state index in [1.165, 1.54) is 26.0 Å². The Morgan fingerprint density at radius 3 is 2.35 bits per heavy atom. The van der Waals surface area contributed by atoms with Crippen molar-refractivity contribution < 1.29 is 28.2 Å². The number of esters is 2. The Morgan fingerprint density at radius 2 is 1.83 bits per heavy atom. The van der Waals surface area contributed by atoms with Crippen LogP contribution in [0.3, 0.4) is 0 Å². The van der Waals surface area contributed by atoms with Gasteiger partial charge in [0.15, 0.2) is 0 Å². The average molecular weight is 322 g/mol. The van der Waals surface area contributed by atoms with Crippen molar-refractivity contribution in [3.8, 4) is 0 Å². The minimum atomic E-state index is -1.30. The number of cyclic esters (lactones) is 2. The summed E-state index contributed by atoms with van der Waals surface area (Å²) in [6.07, 6.45) is 1.24. The molecule has 124 valence electrons. The highest BCUT2D eigenvalue weighted by atomic mass is 19.1. The van der Waals surface area contributed by atoms with Gasteiger partial charge in [-0.25, -0.2) is 14.0 Å². The maximum atomic E-state index is 14.0. The van der Waals surface area contributed by atoms with Gasteiger partial charge in [0.2, 0.25) is 0 Å². The van der Waals surface area contributed by atoms with Crippen LogP contribution in [0.2, 0.25) is 0 Å². The van der Waals surface area contributed by atoms with Crippen molar-refractivity contribution in [1.29, 1.82) is 0 Å². The first-order valence-electron chi connectivity index (χ1n) is 7.26. The Bertz CT molecular complexity index is 639. The zero-order chi connectivity index (χ0) is 17.2. The van der Waals surface area contributed by atoms with Gasteiger partial charge < -0.3 is 14.2 Å². The zero-order valence-corrected chi connectivity index (χ0v) is 13.5. The standard InChI is InChI=1S/C17H19FO5/c1-10(2)21-9-12-6-5-11(8-14(12)18)7-13-15(19)22-17(3,4)23-16(13)20/h5-8,10H,9H2,1-4H3.